The van der Waals surface area contributed by atoms with E-state index in [0.717, 1.165) is 5.56 Å². The van der Waals surface area contributed by atoms with Gasteiger partial charge >= 0.3 is 0 Å². The summed E-state index contributed by atoms with van der Waals surface area (Å²) in [5.74, 6) is 0.469. The molecule has 0 saturated heterocycles. The summed E-state index contributed by atoms with van der Waals surface area (Å²) in [6.07, 6.45) is 0. The van der Waals surface area contributed by atoms with Gasteiger partial charge in [-0.05, 0) is 40.7 Å². The van der Waals surface area contributed by atoms with Gasteiger partial charge in [-0.2, -0.15) is 0 Å². The van der Waals surface area contributed by atoms with Gasteiger partial charge in [0.15, 0.2) is 11.5 Å². The van der Waals surface area contributed by atoms with Crippen LogP contribution in [0.2, 0.25) is 0 Å². The van der Waals surface area contributed by atoms with E-state index in [-0.39, 0.29) is 18.4 Å². The average Bonchev–Trinajstić information content (AvgIpc) is 2.34. The SMILES string of the molecule is COc1cc(C(CN)N(C)CCO)cc(Br)c1O. The summed E-state index contributed by atoms with van der Waals surface area (Å²) in [6, 6.07) is 3.53. The standard InChI is InChI=1S/C12H19BrN2O3/c1-15(3-4-16)10(7-14)8-5-9(13)12(17)11(6-8)18-2/h5-6,10,16-17H,3-4,7,14H2,1-2H3. The van der Waals surface area contributed by atoms with E-state index >= 15 is 0 Å². The molecule has 0 heterocycles. The fraction of sp³-hybridized carbons (Fsp3) is 0.500. The van der Waals surface area contributed by atoms with Crippen molar-refractivity contribution in [3.63, 3.8) is 0 Å². The summed E-state index contributed by atoms with van der Waals surface area (Å²) in [6.45, 7) is 1.02. The molecule has 5 nitrogen and oxygen atoms in total. The highest BCUT2D eigenvalue weighted by Gasteiger charge is 2.18. The van der Waals surface area contributed by atoms with Crippen molar-refractivity contribution in [2.45, 2.75) is 6.04 Å². The first kappa shape index (κ1) is 15.2. The van der Waals surface area contributed by atoms with E-state index in [4.69, 9.17) is 15.6 Å². The van der Waals surface area contributed by atoms with E-state index in [1.54, 1.807) is 6.07 Å². The van der Waals surface area contributed by atoms with Gasteiger partial charge in [0.1, 0.15) is 0 Å². The van der Waals surface area contributed by atoms with Gasteiger partial charge in [0.25, 0.3) is 0 Å². The highest BCUT2D eigenvalue weighted by molar-refractivity contribution is 9.10. The van der Waals surface area contributed by atoms with E-state index in [1.165, 1.54) is 7.11 Å². The maximum Gasteiger partial charge on any atom is 0.172 e. The first-order valence-corrected chi connectivity index (χ1v) is 6.42. The Morgan fingerprint density at radius 1 is 1.50 bits per heavy atom. The highest BCUT2D eigenvalue weighted by atomic mass is 79.9. The van der Waals surface area contributed by atoms with Crippen LogP contribution in [0.25, 0.3) is 0 Å². The molecular weight excluding hydrogens is 300 g/mol. The number of phenols is 1. The molecule has 0 aliphatic carbocycles. The molecule has 0 amide bonds. The summed E-state index contributed by atoms with van der Waals surface area (Å²) in [7, 11) is 3.39. The van der Waals surface area contributed by atoms with Gasteiger partial charge in [-0.3, -0.25) is 4.90 Å². The second kappa shape index (κ2) is 6.94. The molecule has 0 saturated carbocycles. The van der Waals surface area contributed by atoms with E-state index in [9.17, 15) is 5.11 Å². The number of aliphatic hydroxyl groups excluding tert-OH is 1. The zero-order chi connectivity index (χ0) is 13.7. The maximum absolute atomic E-state index is 9.76. The minimum absolute atomic E-state index is 0.0389. The second-order valence-electron chi connectivity index (χ2n) is 4.01. The third-order valence-corrected chi connectivity index (χ3v) is 3.47. The molecule has 0 bridgehead atoms. The van der Waals surface area contributed by atoms with E-state index in [0.29, 0.717) is 23.3 Å². The average molecular weight is 319 g/mol. The van der Waals surface area contributed by atoms with Gasteiger partial charge in [0.2, 0.25) is 0 Å². The van der Waals surface area contributed by atoms with Crippen molar-refractivity contribution in [1.82, 2.24) is 4.90 Å². The van der Waals surface area contributed by atoms with E-state index in [1.807, 2.05) is 18.0 Å². The Labute approximate surface area is 115 Å². The Balaban J connectivity index is 3.10. The maximum atomic E-state index is 9.76. The van der Waals surface area contributed by atoms with Crippen LogP contribution >= 0.6 is 15.9 Å². The lowest BCUT2D eigenvalue weighted by atomic mass is 10.0. The van der Waals surface area contributed by atoms with Crippen LogP contribution in [0, 0.1) is 0 Å². The molecule has 0 aliphatic rings. The van der Waals surface area contributed by atoms with E-state index in [2.05, 4.69) is 15.9 Å². The van der Waals surface area contributed by atoms with Crippen LogP contribution in [0.15, 0.2) is 16.6 Å². The number of hydrogen-bond acceptors (Lipinski definition) is 5. The number of ether oxygens (including phenoxy) is 1. The normalized spacial score (nSPS) is 12.8. The molecule has 0 aromatic heterocycles. The number of rotatable bonds is 6. The third-order valence-electron chi connectivity index (χ3n) is 2.86. The van der Waals surface area contributed by atoms with Crippen molar-refractivity contribution in [3.8, 4) is 11.5 Å². The molecule has 0 fully saturated rings. The highest BCUT2D eigenvalue weighted by Crippen LogP contribution is 2.37. The first-order valence-electron chi connectivity index (χ1n) is 5.62. The van der Waals surface area contributed by atoms with Gasteiger partial charge in [-0.25, -0.2) is 0 Å². The number of nitrogens with zero attached hydrogens (tertiary/aromatic N) is 1. The van der Waals surface area contributed by atoms with Crippen LogP contribution in [0.3, 0.4) is 0 Å². The molecule has 0 spiro atoms. The molecule has 0 aliphatic heterocycles. The van der Waals surface area contributed by atoms with Crippen LogP contribution in [0.1, 0.15) is 11.6 Å². The van der Waals surface area contributed by atoms with Crippen molar-refractivity contribution in [2.75, 3.05) is 33.9 Å². The number of aliphatic hydroxyl groups is 1. The third kappa shape index (κ3) is 3.35. The zero-order valence-corrected chi connectivity index (χ0v) is 12.1. The molecular formula is C12H19BrN2O3. The van der Waals surface area contributed by atoms with Crippen LogP contribution in [-0.4, -0.2) is 49.0 Å². The lowest BCUT2D eigenvalue weighted by molar-refractivity contribution is 0.183. The Bertz CT molecular complexity index is 401. The van der Waals surface area contributed by atoms with Crippen LogP contribution in [0.4, 0.5) is 0 Å². The Morgan fingerprint density at radius 3 is 2.67 bits per heavy atom. The summed E-state index contributed by atoms with van der Waals surface area (Å²) in [5, 5.41) is 18.7. The predicted octanol–water partition coefficient (Wildman–Crippen LogP) is 1.09. The molecule has 1 rings (SSSR count). The monoisotopic (exact) mass is 318 g/mol. The summed E-state index contributed by atoms with van der Waals surface area (Å²) < 4.78 is 5.67. The van der Waals surface area contributed by atoms with Gasteiger partial charge in [-0.1, -0.05) is 0 Å². The molecule has 0 radical (unpaired) electrons. The lowest BCUT2D eigenvalue weighted by Gasteiger charge is -2.27. The van der Waals surface area contributed by atoms with Gasteiger partial charge in [-0.15, -0.1) is 0 Å². The number of benzene rings is 1. The predicted molar refractivity (Wildman–Crippen MR) is 73.9 cm³/mol. The Kier molecular flexibility index (Phi) is 5.87. The first-order chi connectivity index (χ1) is 8.54. The van der Waals surface area contributed by atoms with Gasteiger partial charge in [0.05, 0.1) is 18.2 Å². The molecule has 18 heavy (non-hydrogen) atoms. The molecule has 1 aromatic carbocycles. The number of likely N-dealkylation sites (N-methyl/N-ethyl adjacent to an activating group) is 1. The number of halogens is 1. The molecule has 1 unspecified atom stereocenters. The summed E-state index contributed by atoms with van der Waals surface area (Å²) in [5.41, 5.74) is 6.70. The minimum atomic E-state index is -0.0389. The number of aromatic hydroxyl groups is 1. The largest absolute Gasteiger partial charge is 0.503 e. The molecule has 1 aromatic rings. The molecule has 6 heteroatoms. The number of hydrogen-bond donors (Lipinski definition) is 3. The smallest absolute Gasteiger partial charge is 0.172 e. The van der Waals surface area contributed by atoms with Crippen molar-refractivity contribution >= 4 is 15.9 Å². The van der Waals surface area contributed by atoms with E-state index < -0.39 is 0 Å². The van der Waals surface area contributed by atoms with Crippen LogP contribution in [-0.2, 0) is 0 Å². The topological polar surface area (TPSA) is 79.0 Å². The van der Waals surface area contributed by atoms with Crippen LogP contribution < -0.4 is 10.5 Å². The van der Waals surface area contributed by atoms with Crippen molar-refractivity contribution < 1.29 is 14.9 Å². The minimum Gasteiger partial charge on any atom is -0.503 e. The molecule has 102 valence electrons. The van der Waals surface area contributed by atoms with Gasteiger partial charge in [0, 0.05) is 19.1 Å². The quantitative estimate of drug-likeness (QED) is 0.731. The fourth-order valence-electron chi connectivity index (χ4n) is 1.83. The summed E-state index contributed by atoms with van der Waals surface area (Å²) >= 11 is 3.28. The number of phenolic OH excluding ortho intramolecular Hbond substituents is 1. The van der Waals surface area contributed by atoms with Crippen molar-refractivity contribution in [2.24, 2.45) is 5.73 Å². The zero-order valence-electron chi connectivity index (χ0n) is 10.6. The van der Waals surface area contributed by atoms with Crippen molar-refractivity contribution in [1.29, 1.82) is 0 Å². The van der Waals surface area contributed by atoms with Crippen molar-refractivity contribution in [3.05, 3.63) is 22.2 Å². The lowest BCUT2D eigenvalue weighted by Crippen LogP contribution is -2.32. The van der Waals surface area contributed by atoms with Crippen LogP contribution in [0.5, 0.6) is 11.5 Å². The van der Waals surface area contributed by atoms with Gasteiger partial charge < -0.3 is 20.7 Å². The fourth-order valence-corrected chi connectivity index (χ4v) is 2.29. The molecule has 1 atom stereocenters. The Hall–Kier alpha value is -0.820. The Morgan fingerprint density at radius 2 is 2.17 bits per heavy atom. The summed E-state index contributed by atoms with van der Waals surface area (Å²) in [4.78, 5) is 1.96. The number of methoxy groups -OCH3 is 1. The second-order valence-corrected chi connectivity index (χ2v) is 4.86. The molecule has 4 N–H and O–H groups in total. The number of nitrogens with two attached hydrogens (primary N) is 1.